The molecule has 0 spiro atoms. The average molecular weight is 322 g/mol. The molecule has 0 aliphatic carbocycles. The van der Waals surface area contributed by atoms with E-state index in [1.807, 2.05) is 13.8 Å². The molecule has 0 atom stereocenters. The van der Waals surface area contributed by atoms with Gasteiger partial charge in [0.1, 0.15) is 0 Å². The van der Waals surface area contributed by atoms with Gasteiger partial charge in [-0.05, 0) is 12.0 Å². The number of nitrogens with zero attached hydrogens (tertiary/aromatic N) is 2. The van der Waals surface area contributed by atoms with Crippen molar-refractivity contribution >= 4 is 33.9 Å². The summed E-state index contributed by atoms with van der Waals surface area (Å²) in [6, 6.07) is 0.841. The van der Waals surface area contributed by atoms with Crippen LogP contribution in [-0.2, 0) is 6.18 Å². The molecular weight excluding hydrogens is 311 g/mol. The molecule has 108 valence electrons. The van der Waals surface area contributed by atoms with E-state index in [1.54, 1.807) is 6.20 Å². The van der Waals surface area contributed by atoms with E-state index in [4.69, 9.17) is 11.6 Å². The van der Waals surface area contributed by atoms with Crippen molar-refractivity contribution in [3.63, 3.8) is 0 Å². The summed E-state index contributed by atoms with van der Waals surface area (Å²) in [6.07, 6.45) is -2.00. The maximum absolute atomic E-state index is 12.5. The van der Waals surface area contributed by atoms with Gasteiger partial charge in [-0.3, -0.25) is 0 Å². The van der Waals surface area contributed by atoms with Gasteiger partial charge in [-0.2, -0.15) is 13.2 Å². The van der Waals surface area contributed by atoms with E-state index in [2.05, 4.69) is 15.3 Å². The molecule has 0 saturated carbocycles. The number of anilines is 2. The molecule has 3 nitrogen and oxygen atoms in total. The first-order chi connectivity index (χ1) is 9.27. The molecule has 2 aromatic rings. The number of hydrogen-bond acceptors (Lipinski definition) is 4. The van der Waals surface area contributed by atoms with Crippen LogP contribution in [0.5, 0.6) is 0 Å². The van der Waals surface area contributed by atoms with Crippen molar-refractivity contribution in [2.24, 2.45) is 0 Å². The van der Waals surface area contributed by atoms with E-state index in [-0.39, 0.29) is 10.8 Å². The molecule has 2 rings (SSSR count). The van der Waals surface area contributed by atoms with Crippen molar-refractivity contribution < 1.29 is 13.2 Å². The van der Waals surface area contributed by atoms with E-state index in [0.717, 1.165) is 17.1 Å². The fourth-order valence-electron chi connectivity index (χ4n) is 1.40. The zero-order chi connectivity index (χ0) is 14.9. The van der Waals surface area contributed by atoms with Crippen LogP contribution in [0.3, 0.4) is 0 Å². The molecule has 0 amide bonds. The first kappa shape index (κ1) is 15.1. The molecular formula is C12H11ClF3N3S. The third-order valence-electron chi connectivity index (χ3n) is 2.49. The summed E-state index contributed by atoms with van der Waals surface area (Å²) in [7, 11) is 0. The lowest BCUT2D eigenvalue weighted by molar-refractivity contribution is -0.137. The molecule has 0 fully saturated rings. The second kappa shape index (κ2) is 5.57. The van der Waals surface area contributed by atoms with Crippen LogP contribution in [0, 0.1) is 0 Å². The summed E-state index contributed by atoms with van der Waals surface area (Å²) >= 11 is 7.22. The lowest BCUT2D eigenvalue weighted by Crippen LogP contribution is -2.06. The summed E-state index contributed by atoms with van der Waals surface area (Å²) in [5, 5.41) is 3.27. The summed E-state index contributed by atoms with van der Waals surface area (Å²) < 4.78 is 37.5. The number of nitrogens with one attached hydrogen (secondary N) is 1. The first-order valence-electron chi connectivity index (χ1n) is 5.73. The van der Waals surface area contributed by atoms with Crippen molar-refractivity contribution in [3.8, 4) is 0 Å². The molecule has 0 saturated heterocycles. The third-order valence-corrected chi connectivity index (χ3v) is 3.99. The van der Waals surface area contributed by atoms with E-state index in [1.165, 1.54) is 11.3 Å². The maximum atomic E-state index is 12.5. The number of hydrogen-bond donors (Lipinski definition) is 1. The Morgan fingerprint density at radius 2 is 1.95 bits per heavy atom. The Balaban J connectivity index is 2.21. The van der Waals surface area contributed by atoms with Crippen LogP contribution < -0.4 is 5.32 Å². The van der Waals surface area contributed by atoms with Gasteiger partial charge in [-0.25, -0.2) is 9.97 Å². The predicted octanol–water partition coefficient (Wildman–Crippen LogP) is 5.08. The molecule has 1 N–H and O–H groups in total. The van der Waals surface area contributed by atoms with Crippen molar-refractivity contribution in [1.29, 1.82) is 0 Å². The lowest BCUT2D eigenvalue weighted by atomic mass is 10.2. The molecule has 0 unspecified atom stereocenters. The smallest absolute Gasteiger partial charge is 0.315 e. The second-order valence-electron chi connectivity index (χ2n) is 4.40. The topological polar surface area (TPSA) is 37.8 Å². The Morgan fingerprint density at radius 1 is 1.25 bits per heavy atom. The van der Waals surface area contributed by atoms with Gasteiger partial charge in [0.25, 0.3) is 0 Å². The van der Waals surface area contributed by atoms with Crippen molar-refractivity contribution in [2.75, 3.05) is 5.32 Å². The van der Waals surface area contributed by atoms with E-state index in [0.29, 0.717) is 11.0 Å². The van der Waals surface area contributed by atoms with Crippen molar-refractivity contribution in [2.45, 2.75) is 25.9 Å². The summed E-state index contributed by atoms with van der Waals surface area (Å²) in [5.74, 6) is 0.489. The molecule has 0 bridgehead atoms. The molecule has 0 aromatic carbocycles. The molecule has 2 heterocycles. The lowest BCUT2D eigenvalue weighted by Gasteiger charge is -2.09. The zero-order valence-electron chi connectivity index (χ0n) is 10.6. The van der Waals surface area contributed by atoms with Crippen LogP contribution in [0.15, 0.2) is 18.5 Å². The zero-order valence-corrected chi connectivity index (χ0v) is 12.2. The van der Waals surface area contributed by atoms with Crippen LogP contribution in [0.25, 0.3) is 0 Å². The van der Waals surface area contributed by atoms with Gasteiger partial charge in [0.05, 0.1) is 10.6 Å². The highest BCUT2D eigenvalue weighted by molar-refractivity contribution is 7.15. The maximum Gasteiger partial charge on any atom is 0.417 e. The van der Waals surface area contributed by atoms with Gasteiger partial charge < -0.3 is 5.32 Å². The highest BCUT2D eigenvalue weighted by Crippen LogP contribution is 2.34. The van der Waals surface area contributed by atoms with Gasteiger partial charge in [0, 0.05) is 17.3 Å². The Morgan fingerprint density at radius 3 is 2.45 bits per heavy atom. The predicted molar refractivity (Wildman–Crippen MR) is 73.7 cm³/mol. The number of alkyl halides is 3. The Hall–Kier alpha value is -1.34. The normalized spacial score (nSPS) is 11.9. The average Bonchev–Trinajstić information content (AvgIpc) is 2.79. The van der Waals surface area contributed by atoms with Gasteiger partial charge >= 0.3 is 6.18 Å². The summed E-state index contributed by atoms with van der Waals surface area (Å²) in [6.45, 7) is 4.06. The van der Waals surface area contributed by atoms with Gasteiger partial charge in [0.2, 0.25) is 0 Å². The van der Waals surface area contributed by atoms with E-state index < -0.39 is 11.7 Å². The number of rotatable bonds is 3. The van der Waals surface area contributed by atoms with Gasteiger partial charge in [-0.1, -0.05) is 25.4 Å². The van der Waals surface area contributed by atoms with Gasteiger partial charge in [-0.15, -0.1) is 11.3 Å². The molecule has 20 heavy (non-hydrogen) atoms. The third kappa shape index (κ3) is 3.40. The quantitative estimate of drug-likeness (QED) is 0.857. The molecule has 0 aliphatic heterocycles. The van der Waals surface area contributed by atoms with Gasteiger partial charge in [0.15, 0.2) is 10.9 Å². The standard InChI is InChI=1S/C12H11ClF3N3S/c1-6(2)9-5-18-11(20-9)19-10-8(13)3-7(4-17-10)12(14,15)16/h3-6H,1-2H3,(H,17,18,19). The summed E-state index contributed by atoms with van der Waals surface area (Å²) in [5.41, 5.74) is -0.880. The van der Waals surface area contributed by atoms with E-state index in [9.17, 15) is 13.2 Å². The number of thiazole rings is 1. The monoisotopic (exact) mass is 321 g/mol. The Kier molecular flexibility index (Phi) is 4.19. The van der Waals surface area contributed by atoms with Crippen molar-refractivity contribution in [3.05, 3.63) is 33.9 Å². The van der Waals surface area contributed by atoms with Crippen LogP contribution in [-0.4, -0.2) is 9.97 Å². The number of halogens is 4. The van der Waals surface area contributed by atoms with Crippen LogP contribution in [0.2, 0.25) is 5.02 Å². The minimum atomic E-state index is -4.46. The molecule has 0 aliphatic rings. The Labute approximate surface area is 122 Å². The SMILES string of the molecule is CC(C)c1cnc(Nc2ncc(C(F)(F)F)cc2Cl)s1. The number of aromatic nitrogens is 2. The van der Waals surface area contributed by atoms with Crippen LogP contribution >= 0.6 is 22.9 Å². The van der Waals surface area contributed by atoms with Crippen LogP contribution in [0.4, 0.5) is 24.1 Å². The Bertz CT molecular complexity index is 610. The highest BCUT2D eigenvalue weighted by atomic mass is 35.5. The fourth-order valence-corrected chi connectivity index (χ4v) is 2.43. The van der Waals surface area contributed by atoms with Crippen molar-refractivity contribution in [1.82, 2.24) is 9.97 Å². The molecule has 8 heteroatoms. The number of pyridine rings is 1. The summed E-state index contributed by atoms with van der Waals surface area (Å²) in [4.78, 5) is 8.89. The fraction of sp³-hybridized carbons (Fsp3) is 0.333. The minimum absolute atomic E-state index is 0.0962. The minimum Gasteiger partial charge on any atom is -0.315 e. The van der Waals surface area contributed by atoms with E-state index >= 15 is 0 Å². The second-order valence-corrected chi connectivity index (χ2v) is 5.87. The largest absolute Gasteiger partial charge is 0.417 e. The first-order valence-corrected chi connectivity index (χ1v) is 6.92. The van der Waals surface area contributed by atoms with Crippen LogP contribution in [0.1, 0.15) is 30.2 Å². The molecule has 0 radical (unpaired) electrons. The highest BCUT2D eigenvalue weighted by Gasteiger charge is 2.31. The molecule has 2 aromatic heterocycles.